The van der Waals surface area contributed by atoms with Crippen LogP contribution in [0, 0.1) is 0 Å². The molecule has 372 valence electrons. The summed E-state index contributed by atoms with van der Waals surface area (Å²) < 4.78 is 0. The van der Waals surface area contributed by atoms with E-state index >= 15 is 0 Å². The fourth-order valence-corrected chi connectivity index (χ4v) is 8.81. The zero-order valence-electron chi connectivity index (χ0n) is 42.5. The van der Waals surface area contributed by atoms with Crippen molar-refractivity contribution in [1.82, 2.24) is 5.32 Å². The van der Waals surface area contributed by atoms with Crippen LogP contribution in [0.25, 0.3) is 0 Å². The van der Waals surface area contributed by atoms with Gasteiger partial charge in [-0.1, -0.05) is 288 Å². The number of rotatable bonds is 52. The van der Waals surface area contributed by atoms with E-state index in [-0.39, 0.29) is 6.61 Å². The van der Waals surface area contributed by atoms with Crippen molar-refractivity contribution in [3.05, 3.63) is 36.5 Å². The highest BCUT2D eigenvalue weighted by Crippen LogP contribution is 2.17. The third-order valence-electron chi connectivity index (χ3n) is 13.2. The maximum atomic E-state index is 12.5. The van der Waals surface area contributed by atoms with Crippen LogP contribution in [0.3, 0.4) is 0 Å². The molecule has 0 rings (SSSR count). The van der Waals surface area contributed by atoms with E-state index in [1.54, 1.807) is 6.08 Å². The van der Waals surface area contributed by atoms with E-state index in [0.717, 1.165) is 38.5 Å². The Morgan fingerprint density at radius 2 is 0.683 bits per heavy atom. The third kappa shape index (κ3) is 48.3. The summed E-state index contributed by atoms with van der Waals surface area (Å²) in [5.41, 5.74) is 0. The van der Waals surface area contributed by atoms with Crippen LogP contribution in [0.5, 0.6) is 0 Å². The van der Waals surface area contributed by atoms with Gasteiger partial charge in [0.15, 0.2) is 0 Å². The lowest BCUT2D eigenvalue weighted by Gasteiger charge is -2.21. The third-order valence-corrected chi connectivity index (χ3v) is 13.2. The van der Waals surface area contributed by atoms with Crippen molar-refractivity contribution in [2.75, 3.05) is 6.61 Å². The first-order valence-corrected chi connectivity index (χ1v) is 28.3. The van der Waals surface area contributed by atoms with Crippen LogP contribution in [0.2, 0.25) is 0 Å². The van der Waals surface area contributed by atoms with Gasteiger partial charge in [-0.05, 0) is 51.4 Å². The molecule has 0 heterocycles. The second-order valence-electron chi connectivity index (χ2n) is 19.5. The zero-order valence-corrected chi connectivity index (χ0v) is 42.5. The van der Waals surface area contributed by atoms with Crippen LogP contribution in [-0.4, -0.2) is 46.1 Å². The minimum absolute atomic E-state index is 0.362. The Morgan fingerprint density at radius 3 is 1.00 bits per heavy atom. The topological polar surface area (TPSA) is 89.8 Å². The van der Waals surface area contributed by atoms with Crippen molar-refractivity contribution in [3.8, 4) is 0 Å². The van der Waals surface area contributed by atoms with Gasteiger partial charge in [0, 0.05) is 0 Å². The largest absolute Gasteiger partial charge is 0.394 e. The normalized spacial score (nSPS) is 13.5. The number of hydrogen-bond acceptors (Lipinski definition) is 4. The Kier molecular flexibility index (Phi) is 52.0. The fourth-order valence-electron chi connectivity index (χ4n) is 8.81. The molecule has 0 radical (unpaired) electrons. The summed E-state index contributed by atoms with van der Waals surface area (Å²) in [5.74, 6) is -0.501. The monoisotopic (exact) mass is 886 g/mol. The minimum atomic E-state index is -1.10. The molecule has 5 heteroatoms. The van der Waals surface area contributed by atoms with Crippen molar-refractivity contribution in [2.24, 2.45) is 0 Å². The predicted octanol–water partition coefficient (Wildman–Crippen LogP) is 17.4. The lowest BCUT2D eigenvalue weighted by Crippen LogP contribution is -2.48. The summed E-state index contributed by atoms with van der Waals surface area (Å²) in [5, 5.41) is 33.2. The van der Waals surface area contributed by atoms with E-state index in [4.69, 9.17) is 0 Å². The molecule has 0 aromatic heterocycles. The Balaban J connectivity index is 3.49. The summed E-state index contributed by atoms with van der Waals surface area (Å²) in [4.78, 5) is 12.5. The summed E-state index contributed by atoms with van der Waals surface area (Å²) in [6, 6.07) is -0.796. The molecule has 0 bridgehead atoms. The maximum Gasteiger partial charge on any atom is 0.249 e. The average molecular weight is 887 g/mol. The smallest absolute Gasteiger partial charge is 0.249 e. The second-order valence-corrected chi connectivity index (χ2v) is 19.5. The zero-order chi connectivity index (χ0) is 45.8. The summed E-state index contributed by atoms with van der Waals surface area (Å²) in [7, 11) is 0. The van der Waals surface area contributed by atoms with Gasteiger partial charge in [0.1, 0.15) is 6.10 Å². The van der Waals surface area contributed by atoms with Gasteiger partial charge in [0.2, 0.25) is 5.91 Å². The molecule has 0 fully saturated rings. The van der Waals surface area contributed by atoms with Gasteiger partial charge in [-0.25, -0.2) is 0 Å². The quantitative estimate of drug-likeness (QED) is 0.0362. The molecule has 0 saturated carbocycles. The van der Waals surface area contributed by atoms with E-state index in [9.17, 15) is 20.1 Å². The molecule has 5 nitrogen and oxygen atoms in total. The van der Waals surface area contributed by atoms with Crippen molar-refractivity contribution in [3.63, 3.8) is 0 Å². The Labute approximate surface area is 394 Å². The first-order chi connectivity index (χ1) is 31.1. The van der Waals surface area contributed by atoms with E-state index in [0.29, 0.717) is 6.42 Å². The Bertz CT molecular complexity index is 978. The molecule has 0 saturated heterocycles. The van der Waals surface area contributed by atoms with Crippen LogP contribution >= 0.6 is 0 Å². The number of unbranched alkanes of at least 4 members (excludes halogenated alkanes) is 40. The molecule has 0 aliphatic heterocycles. The first-order valence-electron chi connectivity index (χ1n) is 28.3. The molecule has 63 heavy (non-hydrogen) atoms. The number of nitrogens with one attached hydrogen (secondary N) is 1. The number of aliphatic hydroxyl groups is 3. The standard InChI is InChI=1S/C58H111NO4/c1-3-5-7-9-11-13-15-17-18-19-20-21-22-23-24-25-26-27-28-29-30-31-32-33-34-35-36-37-38-39-41-43-45-47-49-51-53-57(62)58(63)59-55(54-60)56(61)52-50-48-46-44-42-40-16-14-12-10-8-6-4-2/h24-25,27-28,50,52,55-57,60-62H,3-23,26,29-49,51,53-54H2,1-2H3,(H,59,63)/b25-24-,28-27-,52-50+. The van der Waals surface area contributed by atoms with Gasteiger partial charge >= 0.3 is 0 Å². The van der Waals surface area contributed by atoms with Crippen LogP contribution < -0.4 is 5.32 Å². The average Bonchev–Trinajstić information content (AvgIpc) is 3.29. The molecule has 4 N–H and O–H groups in total. The highest BCUT2D eigenvalue weighted by molar-refractivity contribution is 5.80. The number of aliphatic hydroxyl groups excluding tert-OH is 3. The van der Waals surface area contributed by atoms with Crippen LogP contribution in [0.15, 0.2) is 36.5 Å². The van der Waals surface area contributed by atoms with Crippen molar-refractivity contribution < 1.29 is 20.1 Å². The highest BCUT2D eigenvalue weighted by Gasteiger charge is 2.22. The fraction of sp³-hybridized carbons (Fsp3) is 0.879. The summed E-state index contributed by atoms with van der Waals surface area (Å²) in [6.45, 7) is 4.20. The molecule has 1 amide bonds. The van der Waals surface area contributed by atoms with Gasteiger partial charge in [0.05, 0.1) is 18.8 Å². The molecule has 0 aliphatic rings. The van der Waals surface area contributed by atoms with Gasteiger partial charge in [-0.3, -0.25) is 4.79 Å². The Hall–Kier alpha value is -1.43. The molecule has 0 spiro atoms. The van der Waals surface area contributed by atoms with Crippen LogP contribution in [-0.2, 0) is 4.79 Å². The molecule has 0 aromatic carbocycles. The van der Waals surface area contributed by atoms with Gasteiger partial charge in [-0.15, -0.1) is 0 Å². The van der Waals surface area contributed by atoms with E-state index in [1.807, 2.05) is 6.08 Å². The highest BCUT2D eigenvalue weighted by atomic mass is 16.3. The van der Waals surface area contributed by atoms with Gasteiger partial charge < -0.3 is 20.6 Å². The molecular formula is C58H111NO4. The van der Waals surface area contributed by atoms with E-state index < -0.39 is 24.2 Å². The Morgan fingerprint density at radius 1 is 0.397 bits per heavy atom. The SMILES string of the molecule is CCCCCCCCCCCCC/C=C/C(O)C(CO)NC(=O)C(O)CCCCCCCCCCCCCCCCCC/C=C\C/C=C\CCCCCCCCCCCCCCC. The molecule has 3 atom stereocenters. The number of allylic oxidation sites excluding steroid dienone is 5. The van der Waals surface area contributed by atoms with Crippen molar-refractivity contribution in [2.45, 2.75) is 321 Å². The van der Waals surface area contributed by atoms with E-state index in [1.165, 1.54) is 244 Å². The lowest BCUT2D eigenvalue weighted by atomic mass is 10.0. The van der Waals surface area contributed by atoms with Gasteiger partial charge in [0.25, 0.3) is 0 Å². The number of carbonyl (C=O) groups excluding carboxylic acids is 1. The molecule has 0 aromatic rings. The molecular weight excluding hydrogens is 775 g/mol. The summed E-state index contributed by atoms with van der Waals surface area (Å²) in [6.07, 6.45) is 69.5. The number of amides is 1. The van der Waals surface area contributed by atoms with Gasteiger partial charge in [-0.2, -0.15) is 0 Å². The lowest BCUT2D eigenvalue weighted by molar-refractivity contribution is -0.131. The van der Waals surface area contributed by atoms with Crippen molar-refractivity contribution >= 4 is 5.91 Å². The minimum Gasteiger partial charge on any atom is -0.394 e. The van der Waals surface area contributed by atoms with Crippen molar-refractivity contribution in [1.29, 1.82) is 0 Å². The maximum absolute atomic E-state index is 12.5. The molecule has 3 unspecified atom stereocenters. The first kappa shape index (κ1) is 61.6. The van der Waals surface area contributed by atoms with Crippen LogP contribution in [0.1, 0.15) is 303 Å². The summed E-state index contributed by atoms with van der Waals surface area (Å²) >= 11 is 0. The van der Waals surface area contributed by atoms with E-state index in [2.05, 4.69) is 43.5 Å². The predicted molar refractivity (Wildman–Crippen MR) is 278 cm³/mol. The number of hydrogen-bond donors (Lipinski definition) is 4. The molecule has 0 aliphatic carbocycles. The van der Waals surface area contributed by atoms with Crippen LogP contribution in [0.4, 0.5) is 0 Å². The number of carbonyl (C=O) groups is 1. The second kappa shape index (κ2) is 53.2.